The molecule has 0 bridgehead atoms. The number of nitrogens with zero attached hydrogens (tertiary/aromatic N) is 1. The van der Waals surface area contributed by atoms with E-state index in [-0.39, 0.29) is 9.99 Å². The topological polar surface area (TPSA) is 12.9 Å². The number of hydrogen-bond acceptors (Lipinski definition) is 1. The molecule has 2 rings (SSSR count). The average molecular weight is 276 g/mol. The number of alkyl halides is 3. The molecule has 0 unspecified atom stereocenters. The molecular formula is C10H5BrF3N. The average Bonchev–Trinajstić information content (AvgIpc) is 2.15. The van der Waals surface area contributed by atoms with E-state index in [2.05, 4.69) is 20.9 Å². The summed E-state index contributed by atoms with van der Waals surface area (Å²) in [6.07, 6.45) is -4.36. The first-order valence-electron chi connectivity index (χ1n) is 4.11. The van der Waals surface area contributed by atoms with E-state index >= 15 is 0 Å². The van der Waals surface area contributed by atoms with Crippen molar-refractivity contribution in [1.82, 2.24) is 4.98 Å². The molecule has 0 N–H and O–H groups in total. The number of fused-ring (bicyclic) bond motifs is 1. The molecule has 1 nitrogen and oxygen atoms in total. The number of benzene rings is 1. The minimum atomic E-state index is -4.36. The Hall–Kier alpha value is -1.10. The first kappa shape index (κ1) is 10.4. The van der Waals surface area contributed by atoms with Gasteiger partial charge in [0.25, 0.3) is 0 Å². The van der Waals surface area contributed by atoms with Gasteiger partial charge in [0.1, 0.15) is 4.60 Å². The molecule has 0 fully saturated rings. The lowest BCUT2D eigenvalue weighted by Gasteiger charge is -2.10. The maximum Gasteiger partial charge on any atom is 0.417 e. The van der Waals surface area contributed by atoms with Crippen LogP contribution < -0.4 is 0 Å². The Balaban J connectivity index is 2.83. The molecule has 0 aliphatic rings. The maximum atomic E-state index is 12.6. The molecule has 5 heteroatoms. The Labute approximate surface area is 92.1 Å². The molecule has 0 saturated heterocycles. The van der Waals surface area contributed by atoms with Crippen LogP contribution in [-0.2, 0) is 6.18 Å². The van der Waals surface area contributed by atoms with Crippen LogP contribution in [-0.4, -0.2) is 4.98 Å². The van der Waals surface area contributed by atoms with E-state index in [1.165, 1.54) is 6.07 Å². The summed E-state index contributed by atoms with van der Waals surface area (Å²) in [4.78, 5) is 3.97. The fourth-order valence-electron chi connectivity index (χ4n) is 1.38. The second kappa shape index (κ2) is 3.48. The van der Waals surface area contributed by atoms with Gasteiger partial charge in [0, 0.05) is 5.39 Å². The van der Waals surface area contributed by atoms with Crippen molar-refractivity contribution in [2.24, 2.45) is 0 Å². The highest BCUT2D eigenvalue weighted by Crippen LogP contribution is 2.35. The largest absolute Gasteiger partial charge is 0.417 e. The smallest absolute Gasteiger partial charge is 0.241 e. The Morgan fingerprint density at radius 1 is 1.13 bits per heavy atom. The van der Waals surface area contributed by atoms with Crippen LogP contribution in [0, 0.1) is 0 Å². The summed E-state index contributed by atoms with van der Waals surface area (Å²) in [7, 11) is 0. The second-order valence-electron chi connectivity index (χ2n) is 3.01. The van der Waals surface area contributed by atoms with Crippen molar-refractivity contribution in [2.45, 2.75) is 6.18 Å². The quantitative estimate of drug-likeness (QED) is 0.662. The predicted octanol–water partition coefficient (Wildman–Crippen LogP) is 4.02. The summed E-state index contributed by atoms with van der Waals surface area (Å²) >= 11 is 2.96. The molecule has 0 radical (unpaired) electrons. The van der Waals surface area contributed by atoms with Crippen LogP contribution in [0.4, 0.5) is 13.2 Å². The SMILES string of the molecule is FC(F)(F)c1cc(Br)nc2ccccc12. The monoisotopic (exact) mass is 275 g/mol. The summed E-state index contributed by atoms with van der Waals surface area (Å²) in [5, 5.41) is 0.119. The zero-order chi connectivity index (χ0) is 11.1. The van der Waals surface area contributed by atoms with Crippen molar-refractivity contribution in [3.63, 3.8) is 0 Å². The highest BCUT2D eigenvalue weighted by atomic mass is 79.9. The van der Waals surface area contributed by atoms with Crippen LogP contribution in [0.25, 0.3) is 10.9 Å². The van der Waals surface area contributed by atoms with Crippen LogP contribution in [0.5, 0.6) is 0 Å². The van der Waals surface area contributed by atoms with E-state index in [4.69, 9.17) is 0 Å². The second-order valence-corrected chi connectivity index (χ2v) is 3.82. The van der Waals surface area contributed by atoms with Gasteiger partial charge in [-0.2, -0.15) is 13.2 Å². The molecule has 0 saturated carbocycles. The van der Waals surface area contributed by atoms with E-state index in [0.717, 1.165) is 6.07 Å². The highest BCUT2D eigenvalue weighted by Gasteiger charge is 2.33. The number of hydrogen-bond donors (Lipinski definition) is 0. The number of para-hydroxylation sites is 1. The van der Waals surface area contributed by atoms with Gasteiger partial charge in [0.2, 0.25) is 0 Å². The highest BCUT2D eigenvalue weighted by molar-refractivity contribution is 9.10. The van der Waals surface area contributed by atoms with Crippen molar-refractivity contribution in [3.8, 4) is 0 Å². The first-order valence-corrected chi connectivity index (χ1v) is 4.90. The van der Waals surface area contributed by atoms with Crippen molar-refractivity contribution >= 4 is 26.8 Å². The Bertz CT molecular complexity index is 507. The van der Waals surface area contributed by atoms with Gasteiger partial charge in [-0.05, 0) is 28.1 Å². The molecule has 2 aromatic rings. The van der Waals surface area contributed by atoms with Gasteiger partial charge in [-0.15, -0.1) is 0 Å². The van der Waals surface area contributed by atoms with Gasteiger partial charge in [0.15, 0.2) is 0 Å². The molecule has 1 heterocycles. The van der Waals surface area contributed by atoms with E-state index < -0.39 is 11.7 Å². The summed E-state index contributed by atoms with van der Waals surface area (Å²) < 4.78 is 38.1. The van der Waals surface area contributed by atoms with E-state index in [9.17, 15) is 13.2 Å². The Kier molecular flexibility index (Phi) is 2.42. The van der Waals surface area contributed by atoms with Crippen LogP contribution >= 0.6 is 15.9 Å². The van der Waals surface area contributed by atoms with Crippen LogP contribution in [0.1, 0.15) is 5.56 Å². The van der Waals surface area contributed by atoms with Crippen molar-refractivity contribution in [1.29, 1.82) is 0 Å². The van der Waals surface area contributed by atoms with E-state index in [1.807, 2.05) is 0 Å². The molecule has 0 amide bonds. The maximum absolute atomic E-state index is 12.6. The fraction of sp³-hybridized carbons (Fsp3) is 0.100. The Morgan fingerprint density at radius 2 is 1.80 bits per heavy atom. The number of halogens is 4. The lowest BCUT2D eigenvalue weighted by Crippen LogP contribution is -2.06. The zero-order valence-electron chi connectivity index (χ0n) is 7.35. The zero-order valence-corrected chi connectivity index (χ0v) is 8.93. The van der Waals surface area contributed by atoms with Crippen LogP contribution in [0.2, 0.25) is 0 Å². The fourth-order valence-corrected chi connectivity index (χ4v) is 1.80. The standard InChI is InChI=1S/C10H5BrF3N/c11-9-5-7(10(12,13)14)6-3-1-2-4-8(6)15-9/h1-5H. The van der Waals surface area contributed by atoms with Crippen molar-refractivity contribution in [3.05, 3.63) is 40.5 Å². The Morgan fingerprint density at radius 3 is 2.47 bits per heavy atom. The van der Waals surface area contributed by atoms with Crippen LogP contribution in [0.3, 0.4) is 0 Å². The third-order valence-corrected chi connectivity index (χ3v) is 2.40. The van der Waals surface area contributed by atoms with E-state index in [1.54, 1.807) is 18.2 Å². The molecule has 0 aliphatic heterocycles. The third-order valence-electron chi connectivity index (χ3n) is 1.99. The van der Waals surface area contributed by atoms with Gasteiger partial charge in [-0.1, -0.05) is 18.2 Å². The molecule has 1 aromatic carbocycles. The molecule has 0 spiro atoms. The number of aromatic nitrogens is 1. The summed E-state index contributed by atoms with van der Waals surface area (Å²) in [5.74, 6) is 0. The van der Waals surface area contributed by atoms with E-state index in [0.29, 0.717) is 5.52 Å². The van der Waals surface area contributed by atoms with Gasteiger partial charge in [0.05, 0.1) is 11.1 Å². The lowest BCUT2D eigenvalue weighted by molar-refractivity contribution is -0.136. The van der Waals surface area contributed by atoms with Crippen LogP contribution in [0.15, 0.2) is 34.9 Å². The molecule has 0 atom stereocenters. The molecular weight excluding hydrogens is 271 g/mol. The summed E-state index contributed by atoms with van der Waals surface area (Å²) in [6.45, 7) is 0. The summed E-state index contributed by atoms with van der Waals surface area (Å²) in [5.41, 5.74) is -0.334. The molecule has 78 valence electrons. The molecule has 15 heavy (non-hydrogen) atoms. The van der Waals surface area contributed by atoms with Crippen molar-refractivity contribution in [2.75, 3.05) is 0 Å². The van der Waals surface area contributed by atoms with Gasteiger partial charge < -0.3 is 0 Å². The minimum absolute atomic E-state index is 0.119. The minimum Gasteiger partial charge on any atom is -0.241 e. The van der Waals surface area contributed by atoms with Gasteiger partial charge in [-0.3, -0.25) is 0 Å². The van der Waals surface area contributed by atoms with Gasteiger partial charge >= 0.3 is 6.18 Å². The summed E-state index contributed by atoms with van der Waals surface area (Å²) in [6, 6.07) is 7.17. The normalized spacial score (nSPS) is 12.0. The third kappa shape index (κ3) is 1.97. The number of rotatable bonds is 0. The first-order chi connectivity index (χ1) is 6.98. The predicted molar refractivity (Wildman–Crippen MR) is 54.4 cm³/mol. The molecule has 1 aromatic heterocycles. The molecule has 0 aliphatic carbocycles. The number of pyridine rings is 1. The lowest BCUT2D eigenvalue weighted by atomic mass is 10.1. The van der Waals surface area contributed by atoms with Crippen molar-refractivity contribution < 1.29 is 13.2 Å². The van der Waals surface area contributed by atoms with Gasteiger partial charge in [-0.25, -0.2) is 4.98 Å².